The second kappa shape index (κ2) is 27.8. The van der Waals surface area contributed by atoms with Crippen molar-refractivity contribution in [1.82, 2.24) is 16.0 Å². The first-order valence-corrected chi connectivity index (χ1v) is 27.6. The molecule has 0 aromatic heterocycles. The predicted molar refractivity (Wildman–Crippen MR) is 289 cm³/mol. The minimum atomic E-state index is -1.29. The molecule has 0 radical (unpaired) electrons. The molecule has 3 saturated carbocycles. The predicted octanol–water partition coefficient (Wildman–Crippen LogP) is 5.61. The summed E-state index contributed by atoms with van der Waals surface area (Å²) in [5, 5.41) is 87.7. The van der Waals surface area contributed by atoms with Crippen LogP contribution in [0.25, 0.3) is 0 Å². The van der Waals surface area contributed by atoms with Gasteiger partial charge in [0.25, 0.3) is 0 Å². The highest BCUT2D eigenvalue weighted by atomic mass is 16.5. The molecule has 0 saturated heterocycles. The lowest BCUT2D eigenvalue weighted by Gasteiger charge is -2.61. The average molecular weight is 1020 g/mol. The van der Waals surface area contributed by atoms with Crippen LogP contribution in [0.3, 0.4) is 0 Å². The molecule has 1 aromatic carbocycles. The highest BCUT2D eigenvalue weighted by Gasteiger charge is 2.68. The van der Waals surface area contributed by atoms with E-state index in [-0.39, 0.29) is 67.7 Å². The number of allylic oxidation sites excluding steroid dienone is 9. The molecule has 14 atom stereocenters. The Bertz CT molecular complexity index is 2100. The maximum absolute atomic E-state index is 13.1. The van der Waals surface area contributed by atoms with Gasteiger partial charge in [0, 0.05) is 68.3 Å². The number of aldehydes is 1. The van der Waals surface area contributed by atoms with Gasteiger partial charge < -0.3 is 61.2 Å². The molecular formula is C60H93N3O10. The minimum Gasteiger partial charge on any atom is -0.396 e. The molecular weight excluding hydrogens is 923 g/mol. The maximum atomic E-state index is 13.1. The smallest absolute Gasteiger partial charge is 0.145 e. The number of nitrogens with one attached hydrogen (secondary N) is 3. The fourth-order valence-corrected chi connectivity index (χ4v) is 14.1. The number of fused-ring (bicyclic) bond motifs is 5. The second-order valence-corrected chi connectivity index (χ2v) is 22.7. The number of ether oxygens (including phenoxy) is 2. The first-order valence-electron chi connectivity index (χ1n) is 27.6. The van der Waals surface area contributed by atoms with Gasteiger partial charge in [-0.05, 0) is 164 Å². The van der Waals surface area contributed by atoms with E-state index in [1.807, 2.05) is 26.1 Å². The molecule has 4 bridgehead atoms. The van der Waals surface area contributed by atoms with E-state index in [4.69, 9.17) is 9.47 Å². The Morgan fingerprint density at radius 2 is 1.88 bits per heavy atom. The summed E-state index contributed by atoms with van der Waals surface area (Å²) in [6.45, 7) is 11.9. The Morgan fingerprint density at radius 1 is 1.08 bits per heavy atom. The Morgan fingerprint density at radius 3 is 2.59 bits per heavy atom. The average Bonchev–Trinajstić information content (AvgIpc) is 3.73. The lowest BCUT2D eigenvalue weighted by Crippen LogP contribution is -2.65. The molecule has 13 heteroatoms. The summed E-state index contributed by atoms with van der Waals surface area (Å²) in [4.78, 5) is 12.5. The number of carbonyl (C=O) groups excluding carboxylic acids is 1. The summed E-state index contributed by atoms with van der Waals surface area (Å²) in [5.41, 5.74) is 4.55. The Hall–Kier alpha value is -3.15. The van der Waals surface area contributed by atoms with Crippen LogP contribution in [0.5, 0.6) is 0 Å². The van der Waals surface area contributed by atoms with Crippen LogP contribution in [-0.4, -0.2) is 150 Å². The number of methoxy groups -OCH3 is 1. The van der Waals surface area contributed by atoms with Crippen LogP contribution in [0.4, 0.5) is 0 Å². The van der Waals surface area contributed by atoms with Crippen LogP contribution in [0.15, 0.2) is 95.2 Å². The van der Waals surface area contributed by atoms with Gasteiger partial charge in [-0.3, -0.25) is 4.79 Å². The van der Waals surface area contributed by atoms with Gasteiger partial charge in [0.15, 0.2) is 0 Å². The molecule has 10 N–H and O–H groups in total. The first kappa shape index (κ1) is 59.1. The molecule has 4 aliphatic carbocycles. The number of hydrogen-bond donors (Lipinski definition) is 10. The van der Waals surface area contributed by atoms with Crippen molar-refractivity contribution in [2.45, 2.75) is 152 Å². The quantitative estimate of drug-likeness (QED) is 0.0265. The molecule has 73 heavy (non-hydrogen) atoms. The van der Waals surface area contributed by atoms with Crippen LogP contribution in [-0.2, 0) is 27.1 Å². The van der Waals surface area contributed by atoms with E-state index in [1.54, 1.807) is 14.0 Å². The molecule has 1 aliphatic heterocycles. The van der Waals surface area contributed by atoms with Gasteiger partial charge in [0.2, 0.25) is 0 Å². The maximum Gasteiger partial charge on any atom is 0.145 e. The number of aliphatic hydroxyl groups is 7. The van der Waals surface area contributed by atoms with Crippen molar-refractivity contribution in [2.75, 3.05) is 66.9 Å². The van der Waals surface area contributed by atoms with Crippen molar-refractivity contribution in [3.8, 4) is 0 Å². The van der Waals surface area contributed by atoms with Crippen molar-refractivity contribution < 1.29 is 50.0 Å². The molecule has 6 rings (SSSR count). The Balaban J connectivity index is 1.29. The van der Waals surface area contributed by atoms with Gasteiger partial charge >= 0.3 is 0 Å². The van der Waals surface area contributed by atoms with E-state index in [0.29, 0.717) is 63.2 Å². The van der Waals surface area contributed by atoms with Crippen molar-refractivity contribution in [3.05, 3.63) is 106 Å². The fraction of sp³-hybridized carbons (Fsp3) is 0.683. The highest BCUT2D eigenvalue weighted by Crippen LogP contribution is 2.67. The zero-order chi connectivity index (χ0) is 52.8. The monoisotopic (exact) mass is 1020 g/mol. The number of rotatable bonds is 24. The zero-order valence-corrected chi connectivity index (χ0v) is 44.8. The molecule has 1 aromatic rings. The summed E-state index contributed by atoms with van der Waals surface area (Å²) in [7, 11) is 3.63. The van der Waals surface area contributed by atoms with E-state index in [9.17, 15) is 40.5 Å². The van der Waals surface area contributed by atoms with Crippen molar-refractivity contribution in [1.29, 1.82) is 0 Å². The van der Waals surface area contributed by atoms with E-state index in [2.05, 4.69) is 78.0 Å². The minimum absolute atomic E-state index is 0.0326. The standard InChI is InChI=1S/C60H93N3O10/c1-40-16-17-47(31-44-11-8-12-45(30-44)33-58(62-35-40,25-29-72-6)50-14-9-15-51(32-50)63-54(22-28-65)43(4)68)41(2)10-7-13-49(38-73-39-52(69)37-67)53-20-23-60(57(53)70)56-46(21-27-64)18-19-48(55(56)42(3)36-66)34-59(60,71)24-26-61-5/h7-8,10-13,16,18-19,30,36,43,46-48,50-54,56-57,61-65,67-71H,2,9,14-15,17,20-29,31-35,37-39H2,1,3-6H3. The number of benzene rings is 1. The second-order valence-electron chi connectivity index (χ2n) is 22.7. The van der Waals surface area contributed by atoms with Crippen LogP contribution in [0, 0.1) is 40.9 Å². The molecule has 14 unspecified atom stereocenters. The van der Waals surface area contributed by atoms with Crippen LogP contribution < -0.4 is 16.0 Å². The van der Waals surface area contributed by atoms with E-state index in [1.165, 1.54) is 16.7 Å². The summed E-state index contributed by atoms with van der Waals surface area (Å²) in [6.07, 6.45) is 21.1. The molecule has 13 nitrogen and oxygen atoms in total. The van der Waals surface area contributed by atoms with Crippen molar-refractivity contribution >= 4 is 6.29 Å². The van der Waals surface area contributed by atoms with Gasteiger partial charge in [-0.2, -0.15) is 0 Å². The molecule has 3 fully saturated rings. The summed E-state index contributed by atoms with van der Waals surface area (Å²) in [5.74, 6) is -0.697. The Labute approximate surface area is 437 Å². The van der Waals surface area contributed by atoms with Crippen LogP contribution in [0.1, 0.15) is 109 Å². The largest absolute Gasteiger partial charge is 0.396 e. The number of hydrogen-bond acceptors (Lipinski definition) is 13. The normalized spacial score (nSPS) is 34.0. The Kier molecular flexibility index (Phi) is 22.5. The van der Waals surface area contributed by atoms with Crippen molar-refractivity contribution in [2.24, 2.45) is 40.9 Å². The fourth-order valence-electron chi connectivity index (χ4n) is 14.1. The molecule has 1 heterocycles. The third-order valence-corrected chi connectivity index (χ3v) is 17.9. The third-order valence-electron chi connectivity index (χ3n) is 17.9. The van der Waals surface area contributed by atoms with Crippen molar-refractivity contribution in [3.63, 3.8) is 0 Å². The van der Waals surface area contributed by atoms with E-state index in [0.717, 1.165) is 80.9 Å². The lowest BCUT2D eigenvalue weighted by atomic mass is 9.45. The number of carbonyl (C=O) groups is 1. The molecule has 0 amide bonds. The summed E-state index contributed by atoms with van der Waals surface area (Å²) in [6, 6.07) is 9.07. The summed E-state index contributed by atoms with van der Waals surface area (Å²) >= 11 is 0. The molecule has 1 spiro atoms. The van der Waals surface area contributed by atoms with E-state index < -0.39 is 41.9 Å². The van der Waals surface area contributed by atoms with Gasteiger partial charge in [-0.25, -0.2) is 0 Å². The topological polar surface area (TPSA) is 213 Å². The molecule has 5 aliphatic rings. The van der Waals surface area contributed by atoms with Gasteiger partial charge in [-0.1, -0.05) is 90.4 Å². The highest BCUT2D eigenvalue weighted by molar-refractivity contribution is 5.74. The zero-order valence-electron chi connectivity index (χ0n) is 44.8. The SMILES string of the molecule is C=C(C=CC=C(COCC(O)CO)C1CCC2(C1O)C1C(=C(C)C=O)C(C=CC1CCO)CC2(O)CCNC)C1CC=C(C)CNC(CCOC)(C2CCCC(NC(CCO)C(C)O)C2)Cc2cccc(c2)C1. The van der Waals surface area contributed by atoms with Gasteiger partial charge in [0.1, 0.15) is 12.4 Å². The molecule has 408 valence electrons. The van der Waals surface area contributed by atoms with Gasteiger partial charge in [-0.15, -0.1) is 0 Å². The van der Waals surface area contributed by atoms with Crippen LogP contribution in [0.2, 0.25) is 0 Å². The first-order chi connectivity index (χ1) is 35.1. The number of aliphatic hydroxyl groups excluding tert-OH is 6. The lowest BCUT2D eigenvalue weighted by molar-refractivity contribution is -0.194. The summed E-state index contributed by atoms with van der Waals surface area (Å²) < 4.78 is 11.9. The van der Waals surface area contributed by atoms with E-state index >= 15 is 0 Å². The third kappa shape index (κ3) is 14.1. The van der Waals surface area contributed by atoms with Gasteiger partial charge in [0.05, 0.1) is 37.6 Å². The van der Waals surface area contributed by atoms with Crippen LogP contribution >= 0.6 is 0 Å².